The van der Waals surface area contributed by atoms with Crippen LogP contribution in [0.2, 0.25) is 0 Å². The molecule has 20 heavy (non-hydrogen) atoms. The van der Waals surface area contributed by atoms with Crippen LogP contribution in [-0.2, 0) is 0 Å². The lowest BCUT2D eigenvalue weighted by molar-refractivity contribution is 0.118. The minimum absolute atomic E-state index is 0.346. The second-order valence-electron chi connectivity index (χ2n) is 7.92. The predicted octanol–water partition coefficient (Wildman–Crippen LogP) is 2.98. The van der Waals surface area contributed by atoms with Gasteiger partial charge in [-0.15, -0.1) is 0 Å². The van der Waals surface area contributed by atoms with Crippen molar-refractivity contribution in [1.82, 2.24) is 9.88 Å². The van der Waals surface area contributed by atoms with E-state index in [1.54, 1.807) is 0 Å². The number of rotatable bonds is 3. The van der Waals surface area contributed by atoms with Crippen molar-refractivity contribution < 1.29 is 0 Å². The average molecular weight is 273 g/mol. The van der Waals surface area contributed by atoms with Gasteiger partial charge in [0.15, 0.2) is 0 Å². The van der Waals surface area contributed by atoms with Gasteiger partial charge in [0.25, 0.3) is 0 Å². The molecule has 110 valence electrons. The number of nitrogens with zero attached hydrogens (tertiary/aromatic N) is 2. The van der Waals surface area contributed by atoms with Crippen LogP contribution >= 0.6 is 0 Å². The Hall–Kier alpha value is -0.930. The molecule has 2 N–H and O–H groups in total. The van der Waals surface area contributed by atoms with Crippen LogP contribution in [0.15, 0.2) is 24.5 Å². The summed E-state index contributed by atoms with van der Waals surface area (Å²) < 4.78 is 0. The number of fused-ring (bicyclic) bond motifs is 2. The number of nitrogens with two attached hydrogens (primary N) is 1. The van der Waals surface area contributed by atoms with Crippen LogP contribution in [0.1, 0.15) is 51.6 Å². The molecule has 0 amide bonds. The lowest BCUT2D eigenvalue weighted by Gasteiger charge is -2.40. The summed E-state index contributed by atoms with van der Waals surface area (Å²) in [7, 11) is 0. The van der Waals surface area contributed by atoms with Crippen LogP contribution in [0, 0.1) is 10.8 Å². The Morgan fingerprint density at radius 3 is 2.65 bits per heavy atom. The summed E-state index contributed by atoms with van der Waals surface area (Å²) in [5, 5.41) is 0. The molecule has 2 aliphatic rings. The Morgan fingerprint density at radius 2 is 2.00 bits per heavy atom. The topological polar surface area (TPSA) is 42.1 Å². The van der Waals surface area contributed by atoms with Crippen molar-refractivity contribution in [1.29, 1.82) is 0 Å². The van der Waals surface area contributed by atoms with Gasteiger partial charge in [-0.1, -0.05) is 20.8 Å². The first-order chi connectivity index (χ1) is 9.42. The monoisotopic (exact) mass is 273 g/mol. The third-order valence-corrected chi connectivity index (χ3v) is 5.17. The quantitative estimate of drug-likeness (QED) is 0.920. The van der Waals surface area contributed by atoms with E-state index in [0.717, 1.165) is 0 Å². The van der Waals surface area contributed by atoms with Gasteiger partial charge in [0.2, 0.25) is 0 Å². The molecule has 3 nitrogen and oxygen atoms in total. The summed E-state index contributed by atoms with van der Waals surface area (Å²) in [6.07, 6.45) is 7.72. The fourth-order valence-corrected chi connectivity index (χ4v) is 4.92. The summed E-state index contributed by atoms with van der Waals surface area (Å²) in [5.74, 6) is 0. The minimum atomic E-state index is 0.346. The molecule has 1 aromatic rings. The van der Waals surface area contributed by atoms with E-state index in [1.165, 1.54) is 31.4 Å². The van der Waals surface area contributed by atoms with E-state index < -0.39 is 0 Å². The van der Waals surface area contributed by atoms with Gasteiger partial charge in [0.1, 0.15) is 0 Å². The normalized spacial score (nSPS) is 34.1. The Bertz CT molecular complexity index is 470. The summed E-state index contributed by atoms with van der Waals surface area (Å²) in [6.45, 7) is 9.18. The zero-order chi connectivity index (χ0) is 14.4. The third-order valence-electron chi connectivity index (χ3n) is 5.17. The summed E-state index contributed by atoms with van der Waals surface area (Å²) in [5.41, 5.74) is 8.36. The molecule has 2 fully saturated rings. The van der Waals surface area contributed by atoms with Crippen LogP contribution in [-0.4, -0.2) is 29.0 Å². The zero-order valence-electron chi connectivity index (χ0n) is 13.0. The smallest absolute Gasteiger partial charge is 0.0474 e. The van der Waals surface area contributed by atoms with Crippen molar-refractivity contribution in [3.63, 3.8) is 0 Å². The van der Waals surface area contributed by atoms with Crippen molar-refractivity contribution >= 4 is 0 Å². The number of hydrogen-bond donors (Lipinski definition) is 1. The van der Waals surface area contributed by atoms with Gasteiger partial charge in [-0.2, -0.15) is 0 Å². The highest BCUT2D eigenvalue weighted by atomic mass is 15.2. The lowest BCUT2D eigenvalue weighted by Crippen LogP contribution is -2.39. The molecule has 2 bridgehead atoms. The molecule has 0 aromatic carbocycles. The molecule has 3 rings (SSSR count). The van der Waals surface area contributed by atoms with E-state index in [4.69, 9.17) is 5.73 Å². The van der Waals surface area contributed by atoms with E-state index in [-0.39, 0.29) is 0 Å². The SMILES string of the molecule is CC1(C)CC2CC(C)(CN2C(CN)c2ccncc2)C1. The van der Waals surface area contributed by atoms with Gasteiger partial charge >= 0.3 is 0 Å². The van der Waals surface area contributed by atoms with E-state index in [0.29, 0.717) is 29.5 Å². The van der Waals surface area contributed by atoms with Crippen LogP contribution in [0.25, 0.3) is 0 Å². The first kappa shape index (κ1) is 14.0. The molecule has 1 aliphatic carbocycles. The highest BCUT2D eigenvalue weighted by Gasteiger charge is 2.51. The highest BCUT2D eigenvalue weighted by molar-refractivity contribution is 5.18. The molecule has 3 atom stereocenters. The molecule has 1 saturated heterocycles. The van der Waals surface area contributed by atoms with Crippen molar-refractivity contribution in [2.75, 3.05) is 13.1 Å². The van der Waals surface area contributed by atoms with Gasteiger partial charge in [0, 0.05) is 37.6 Å². The molecule has 1 aromatic heterocycles. The van der Waals surface area contributed by atoms with Crippen molar-refractivity contribution in [2.24, 2.45) is 16.6 Å². The van der Waals surface area contributed by atoms with Crippen molar-refractivity contribution in [3.8, 4) is 0 Å². The minimum Gasteiger partial charge on any atom is -0.329 e. The van der Waals surface area contributed by atoms with Crippen LogP contribution in [0.4, 0.5) is 0 Å². The van der Waals surface area contributed by atoms with Crippen molar-refractivity contribution in [2.45, 2.75) is 52.1 Å². The van der Waals surface area contributed by atoms with Crippen LogP contribution < -0.4 is 5.73 Å². The molecule has 2 heterocycles. The van der Waals surface area contributed by atoms with E-state index in [2.05, 4.69) is 42.8 Å². The van der Waals surface area contributed by atoms with E-state index >= 15 is 0 Å². The predicted molar refractivity (Wildman–Crippen MR) is 82.3 cm³/mol. The van der Waals surface area contributed by atoms with Crippen LogP contribution in [0.5, 0.6) is 0 Å². The maximum absolute atomic E-state index is 6.12. The fourth-order valence-electron chi connectivity index (χ4n) is 4.92. The number of likely N-dealkylation sites (tertiary alicyclic amines) is 1. The second kappa shape index (κ2) is 4.81. The van der Waals surface area contributed by atoms with Crippen LogP contribution in [0.3, 0.4) is 0 Å². The second-order valence-corrected chi connectivity index (χ2v) is 7.92. The molecule has 1 aliphatic heterocycles. The molecular formula is C17H27N3. The molecule has 0 spiro atoms. The summed E-state index contributed by atoms with van der Waals surface area (Å²) in [6, 6.07) is 5.27. The van der Waals surface area contributed by atoms with Gasteiger partial charge in [-0.05, 0) is 47.8 Å². The number of aromatic nitrogens is 1. The molecule has 3 heteroatoms. The standard InChI is InChI=1S/C17H27N3/c1-16(2)8-14-9-17(3,11-16)12-20(14)15(10-18)13-4-6-19-7-5-13/h4-7,14-15H,8-12,18H2,1-3H3. The molecular weight excluding hydrogens is 246 g/mol. The van der Waals surface area contributed by atoms with Gasteiger partial charge in [-0.3, -0.25) is 9.88 Å². The lowest BCUT2D eigenvalue weighted by atomic mass is 9.65. The zero-order valence-corrected chi connectivity index (χ0v) is 13.0. The Balaban J connectivity index is 1.87. The summed E-state index contributed by atoms with van der Waals surface area (Å²) >= 11 is 0. The molecule has 0 radical (unpaired) electrons. The Morgan fingerprint density at radius 1 is 1.30 bits per heavy atom. The fraction of sp³-hybridized carbons (Fsp3) is 0.706. The van der Waals surface area contributed by atoms with Gasteiger partial charge in [-0.25, -0.2) is 0 Å². The Kier molecular flexibility index (Phi) is 3.38. The van der Waals surface area contributed by atoms with E-state index in [9.17, 15) is 0 Å². The van der Waals surface area contributed by atoms with E-state index in [1.807, 2.05) is 12.4 Å². The first-order valence-electron chi connectivity index (χ1n) is 7.78. The number of pyridine rings is 1. The third kappa shape index (κ3) is 2.49. The average Bonchev–Trinajstić information content (AvgIpc) is 2.61. The van der Waals surface area contributed by atoms with Crippen molar-refractivity contribution in [3.05, 3.63) is 30.1 Å². The highest BCUT2D eigenvalue weighted by Crippen LogP contribution is 2.54. The van der Waals surface area contributed by atoms with Gasteiger partial charge < -0.3 is 5.73 Å². The molecule has 1 saturated carbocycles. The first-order valence-corrected chi connectivity index (χ1v) is 7.78. The maximum Gasteiger partial charge on any atom is 0.0474 e. The Labute approximate surface area is 122 Å². The van der Waals surface area contributed by atoms with Gasteiger partial charge in [0.05, 0.1) is 0 Å². The number of hydrogen-bond acceptors (Lipinski definition) is 3. The summed E-state index contributed by atoms with van der Waals surface area (Å²) in [4.78, 5) is 6.80. The molecule has 3 unspecified atom stereocenters. The maximum atomic E-state index is 6.12. The largest absolute Gasteiger partial charge is 0.329 e.